The second kappa shape index (κ2) is 7.01. The Kier molecular flexibility index (Phi) is 4.77. The number of para-hydroxylation sites is 1. The summed E-state index contributed by atoms with van der Waals surface area (Å²) in [5.74, 6) is 0. The molecule has 1 aromatic heterocycles. The number of aryl methyl sites for hydroxylation is 1. The number of rotatable bonds is 4. The van der Waals surface area contributed by atoms with Gasteiger partial charge in [-0.25, -0.2) is 0 Å². The molecule has 1 heterocycles. The molecule has 0 bridgehead atoms. The Morgan fingerprint density at radius 2 is 1.73 bits per heavy atom. The van der Waals surface area contributed by atoms with Gasteiger partial charge in [-0.3, -0.25) is 9.28 Å². The number of hydrogen-bond acceptors (Lipinski definition) is 2. The molecule has 0 aliphatic rings. The standard InChI is InChI=1S/C20H23N5O/c1-16-13-20(26)15-23(24(16)18-10-6-5-7-11-18)22-21-17-9-8-12-19(14-17)25(2,3)4/h5-15H,1-4H3/q+2/p+1. The van der Waals surface area contributed by atoms with Crippen molar-refractivity contribution >= 4 is 11.4 Å². The van der Waals surface area contributed by atoms with Crippen LogP contribution in [0.3, 0.4) is 0 Å². The zero-order chi connectivity index (χ0) is 18.7. The lowest BCUT2D eigenvalue weighted by Crippen LogP contribution is -2.65. The molecular weight excluding hydrogens is 326 g/mol. The zero-order valence-corrected chi connectivity index (χ0v) is 15.5. The van der Waals surface area contributed by atoms with Gasteiger partial charge in [0.05, 0.1) is 37.7 Å². The van der Waals surface area contributed by atoms with Crippen molar-refractivity contribution in [2.45, 2.75) is 6.92 Å². The highest BCUT2D eigenvalue weighted by Crippen LogP contribution is 2.18. The molecular formula is C20H24N5O+3. The van der Waals surface area contributed by atoms with Crippen molar-refractivity contribution in [3.05, 3.63) is 82.8 Å². The topological polar surface area (TPSA) is 52.2 Å². The molecule has 0 spiro atoms. The fourth-order valence-corrected chi connectivity index (χ4v) is 2.70. The van der Waals surface area contributed by atoms with E-state index in [9.17, 15) is 4.79 Å². The van der Waals surface area contributed by atoms with Crippen LogP contribution in [-0.2, 0) is 0 Å². The predicted octanol–water partition coefficient (Wildman–Crippen LogP) is 1.26. The van der Waals surface area contributed by atoms with Crippen molar-refractivity contribution in [1.82, 2.24) is 9.16 Å². The predicted molar refractivity (Wildman–Crippen MR) is 101 cm³/mol. The van der Waals surface area contributed by atoms with E-state index in [4.69, 9.17) is 0 Å². The average molecular weight is 350 g/mol. The average Bonchev–Trinajstić information content (AvgIpc) is 2.60. The second-order valence-corrected chi connectivity index (χ2v) is 7.06. The summed E-state index contributed by atoms with van der Waals surface area (Å²) in [5.41, 5.74) is 3.64. The van der Waals surface area contributed by atoms with Crippen molar-refractivity contribution in [1.29, 1.82) is 0 Å². The SMILES string of the molecule is Cc1cc(=O)c[n+](N=[NH+]c2cccc([N+](C)(C)C)c2)n1-c1ccccc1. The summed E-state index contributed by atoms with van der Waals surface area (Å²) in [5, 5.41) is 7.48. The fraction of sp³-hybridized carbons (Fsp3) is 0.200. The van der Waals surface area contributed by atoms with Crippen LogP contribution in [0.5, 0.6) is 0 Å². The molecule has 6 nitrogen and oxygen atoms in total. The Bertz CT molecular complexity index is 1000. The first kappa shape index (κ1) is 17.7. The summed E-state index contributed by atoms with van der Waals surface area (Å²) in [6, 6.07) is 19.5. The summed E-state index contributed by atoms with van der Waals surface area (Å²) in [4.78, 5) is 13.5. The van der Waals surface area contributed by atoms with Gasteiger partial charge in [0, 0.05) is 12.1 Å². The quantitative estimate of drug-likeness (QED) is 0.430. The first-order chi connectivity index (χ1) is 12.3. The van der Waals surface area contributed by atoms with Gasteiger partial charge in [-0.1, -0.05) is 22.9 Å². The second-order valence-electron chi connectivity index (χ2n) is 7.06. The van der Waals surface area contributed by atoms with Gasteiger partial charge in [-0.05, 0) is 36.3 Å². The van der Waals surface area contributed by atoms with Gasteiger partial charge in [-0.15, -0.1) is 0 Å². The highest BCUT2D eigenvalue weighted by molar-refractivity contribution is 5.48. The van der Waals surface area contributed by atoms with Crippen molar-refractivity contribution in [3.63, 3.8) is 0 Å². The summed E-state index contributed by atoms with van der Waals surface area (Å²) >= 11 is 0. The third-order valence-electron chi connectivity index (χ3n) is 4.04. The van der Waals surface area contributed by atoms with Gasteiger partial charge < -0.3 is 0 Å². The van der Waals surface area contributed by atoms with E-state index in [1.807, 2.05) is 60.1 Å². The van der Waals surface area contributed by atoms with Crippen molar-refractivity contribution in [2.75, 3.05) is 21.1 Å². The van der Waals surface area contributed by atoms with Gasteiger partial charge in [0.25, 0.3) is 6.20 Å². The van der Waals surface area contributed by atoms with Gasteiger partial charge in [0.1, 0.15) is 11.4 Å². The summed E-state index contributed by atoms with van der Waals surface area (Å²) in [7, 11) is 6.33. The van der Waals surface area contributed by atoms with Crippen LogP contribution >= 0.6 is 0 Å². The first-order valence-corrected chi connectivity index (χ1v) is 8.45. The molecule has 3 aromatic rings. The van der Waals surface area contributed by atoms with E-state index in [0.717, 1.165) is 22.8 Å². The molecule has 6 heteroatoms. The van der Waals surface area contributed by atoms with E-state index in [1.165, 1.54) is 11.0 Å². The molecule has 0 amide bonds. The maximum absolute atomic E-state index is 12.0. The van der Waals surface area contributed by atoms with E-state index in [-0.39, 0.29) is 5.43 Å². The molecule has 0 fully saturated rings. The van der Waals surface area contributed by atoms with Gasteiger partial charge in [0.2, 0.25) is 11.1 Å². The first-order valence-electron chi connectivity index (χ1n) is 8.45. The summed E-state index contributed by atoms with van der Waals surface area (Å²) < 4.78 is 2.58. The van der Waals surface area contributed by atoms with Gasteiger partial charge >= 0.3 is 5.22 Å². The molecule has 3 rings (SSSR count). The lowest BCUT2D eigenvalue weighted by molar-refractivity contribution is -0.830. The van der Waals surface area contributed by atoms with Gasteiger partial charge in [0.15, 0.2) is 0 Å². The summed E-state index contributed by atoms with van der Waals surface area (Å²) in [6.45, 7) is 1.89. The lowest BCUT2D eigenvalue weighted by atomic mass is 10.2. The molecule has 0 aliphatic heterocycles. The maximum atomic E-state index is 12.0. The Balaban J connectivity index is 2.06. The van der Waals surface area contributed by atoms with E-state index < -0.39 is 0 Å². The Hall–Kier alpha value is -3.12. The molecule has 26 heavy (non-hydrogen) atoms. The molecule has 0 saturated heterocycles. The smallest absolute Gasteiger partial charge is 0.298 e. The number of nitrogens with one attached hydrogen (secondary N) is 1. The molecule has 0 saturated carbocycles. The van der Waals surface area contributed by atoms with Gasteiger partial charge in [-0.2, -0.15) is 0 Å². The molecule has 0 unspecified atom stereocenters. The van der Waals surface area contributed by atoms with Crippen LogP contribution in [-0.4, -0.2) is 25.8 Å². The molecule has 0 aliphatic carbocycles. The third-order valence-corrected chi connectivity index (χ3v) is 4.04. The van der Waals surface area contributed by atoms with Crippen LogP contribution in [0, 0.1) is 6.92 Å². The number of nitrogens with zero attached hydrogens (tertiary/aromatic N) is 4. The van der Waals surface area contributed by atoms with E-state index in [2.05, 4.69) is 37.5 Å². The van der Waals surface area contributed by atoms with Crippen LogP contribution in [0.1, 0.15) is 5.69 Å². The highest BCUT2D eigenvalue weighted by Gasteiger charge is 2.18. The molecule has 0 radical (unpaired) electrons. The van der Waals surface area contributed by atoms with Crippen LogP contribution in [0.4, 0.5) is 11.4 Å². The van der Waals surface area contributed by atoms with E-state index in [1.54, 1.807) is 6.07 Å². The highest BCUT2D eigenvalue weighted by atomic mass is 16.1. The lowest BCUT2D eigenvalue weighted by Gasteiger charge is -2.22. The molecule has 1 N–H and O–H groups in total. The van der Waals surface area contributed by atoms with Crippen LogP contribution in [0.2, 0.25) is 0 Å². The number of benzene rings is 2. The third kappa shape index (κ3) is 3.92. The summed E-state index contributed by atoms with van der Waals surface area (Å²) in [6.07, 6.45) is 1.46. The number of quaternary nitrogens is 1. The van der Waals surface area contributed by atoms with Crippen LogP contribution in [0.25, 0.3) is 5.69 Å². The monoisotopic (exact) mass is 350 g/mol. The Labute approximate surface area is 152 Å². The number of hydrogen-bond donors (Lipinski definition) is 1. The molecule has 2 aromatic carbocycles. The minimum absolute atomic E-state index is 0.0969. The zero-order valence-electron chi connectivity index (χ0n) is 15.5. The minimum atomic E-state index is -0.0969. The fourth-order valence-electron chi connectivity index (χ4n) is 2.70. The van der Waals surface area contributed by atoms with Crippen molar-refractivity contribution in [2.24, 2.45) is 5.22 Å². The largest absolute Gasteiger partial charge is 0.301 e. The van der Waals surface area contributed by atoms with E-state index >= 15 is 0 Å². The normalized spacial score (nSPS) is 11.8. The van der Waals surface area contributed by atoms with Crippen molar-refractivity contribution in [3.8, 4) is 5.69 Å². The number of aromatic nitrogens is 2. The molecule has 132 valence electrons. The Morgan fingerprint density at radius 3 is 2.42 bits per heavy atom. The minimum Gasteiger partial charge on any atom is -0.298 e. The van der Waals surface area contributed by atoms with Crippen LogP contribution in [0.15, 0.2) is 76.9 Å². The Morgan fingerprint density at radius 1 is 1.00 bits per heavy atom. The van der Waals surface area contributed by atoms with Crippen molar-refractivity contribution < 1.29 is 9.91 Å². The maximum Gasteiger partial charge on any atom is 0.301 e. The molecule has 0 atom stereocenters. The van der Waals surface area contributed by atoms with E-state index in [0.29, 0.717) is 4.48 Å². The van der Waals surface area contributed by atoms with Crippen LogP contribution < -0.4 is 19.8 Å².